The van der Waals surface area contributed by atoms with Crippen LogP contribution in [0.25, 0.3) is 0 Å². The summed E-state index contributed by atoms with van der Waals surface area (Å²) in [5.41, 5.74) is 0. The lowest BCUT2D eigenvalue weighted by molar-refractivity contribution is 0.189. The smallest absolute Gasteiger partial charge is 0.0818 e. The molecule has 0 aromatic carbocycles. The standard InChI is InChI=1S/C13H21NO2.C3H6.2C2H6.CH4O/c1-3-5-10-15-11-6-7-12-16-13-9-14-8-4-2;1-3-2;3*1-2/h3-7,9H,2,8,10-13H2,1H3;3H,1H2,2H3;2*1-2H3;2H,1H3/b5-3+,7-6+,14-9?;;;;. The molecule has 0 atom stereocenters. The summed E-state index contributed by atoms with van der Waals surface area (Å²) < 4.78 is 10.5. The first-order valence-corrected chi connectivity index (χ1v) is 8.86. The van der Waals surface area contributed by atoms with Crippen molar-refractivity contribution in [3.8, 4) is 0 Å². The fourth-order valence-corrected chi connectivity index (χ4v) is 0.827. The van der Waals surface area contributed by atoms with Crippen molar-refractivity contribution in [2.24, 2.45) is 4.99 Å². The molecule has 25 heavy (non-hydrogen) atoms. The summed E-state index contributed by atoms with van der Waals surface area (Å²) >= 11 is 0. The van der Waals surface area contributed by atoms with Gasteiger partial charge in [-0.1, -0.05) is 64.2 Å². The third kappa shape index (κ3) is 71.5. The first-order valence-electron chi connectivity index (χ1n) is 8.86. The molecule has 0 aliphatic carbocycles. The fraction of sp³-hybridized carbons (Fsp3) is 0.571. The largest absolute Gasteiger partial charge is 0.400 e. The van der Waals surface area contributed by atoms with Gasteiger partial charge in [0, 0.05) is 13.3 Å². The number of hydrogen-bond donors (Lipinski definition) is 1. The van der Waals surface area contributed by atoms with Crippen molar-refractivity contribution in [3.05, 3.63) is 49.6 Å². The number of allylic oxidation sites excluding steroid dienone is 2. The van der Waals surface area contributed by atoms with E-state index in [4.69, 9.17) is 14.6 Å². The van der Waals surface area contributed by atoms with E-state index in [9.17, 15) is 0 Å². The number of ether oxygens (including phenoxy) is 2. The Bertz CT molecular complexity index is 272. The molecule has 0 rings (SSSR count). The zero-order chi connectivity index (χ0) is 20.6. The molecule has 150 valence electrons. The second-order valence-electron chi connectivity index (χ2n) is 3.36. The molecule has 0 fully saturated rings. The molecule has 0 heterocycles. The lowest BCUT2D eigenvalue weighted by Crippen LogP contribution is -1.96. The van der Waals surface area contributed by atoms with E-state index in [1.807, 2.05) is 65.8 Å². The van der Waals surface area contributed by atoms with Crippen LogP contribution in [0.2, 0.25) is 0 Å². The van der Waals surface area contributed by atoms with Gasteiger partial charge in [0.15, 0.2) is 0 Å². The van der Waals surface area contributed by atoms with Gasteiger partial charge in [0.2, 0.25) is 0 Å². The van der Waals surface area contributed by atoms with Crippen LogP contribution < -0.4 is 0 Å². The predicted molar refractivity (Wildman–Crippen MR) is 116 cm³/mol. The molecule has 0 bridgehead atoms. The van der Waals surface area contributed by atoms with Crippen LogP contribution in [-0.4, -0.2) is 51.4 Å². The minimum Gasteiger partial charge on any atom is -0.400 e. The molecule has 0 saturated heterocycles. The Morgan fingerprint density at radius 3 is 1.60 bits per heavy atom. The van der Waals surface area contributed by atoms with Gasteiger partial charge in [-0.3, -0.25) is 4.99 Å². The molecule has 0 aliphatic rings. The highest BCUT2D eigenvalue weighted by molar-refractivity contribution is 5.58. The molecule has 0 spiro atoms. The van der Waals surface area contributed by atoms with Gasteiger partial charge in [0.1, 0.15) is 0 Å². The second-order valence-corrected chi connectivity index (χ2v) is 3.36. The molecule has 0 unspecified atom stereocenters. The molecule has 0 aromatic heterocycles. The zero-order valence-electron chi connectivity index (χ0n) is 17.7. The molecular formula is C21H43NO3. The van der Waals surface area contributed by atoms with Crippen molar-refractivity contribution in [3.63, 3.8) is 0 Å². The summed E-state index contributed by atoms with van der Waals surface area (Å²) in [6, 6.07) is 0. The van der Waals surface area contributed by atoms with Crippen molar-refractivity contribution in [2.75, 3.05) is 40.1 Å². The van der Waals surface area contributed by atoms with Gasteiger partial charge in [-0.05, 0) is 13.8 Å². The molecule has 1 N–H and O–H groups in total. The number of rotatable bonds is 10. The van der Waals surface area contributed by atoms with Crippen LogP contribution in [0.4, 0.5) is 0 Å². The topological polar surface area (TPSA) is 51.0 Å². The Balaban J connectivity index is -0.000000126. The fourth-order valence-electron chi connectivity index (χ4n) is 0.827. The molecule has 0 aliphatic heterocycles. The van der Waals surface area contributed by atoms with Crippen LogP contribution in [0, 0.1) is 0 Å². The molecule has 0 radical (unpaired) electrons. The lowest BCUT2D eigenvalue weighted by atomic mass is 10.5. The summed E-state index contributed by atoms with van der Waals surface area (Å²) in [5.74, 6) is 0. The van der Waals surface area contributed by atoms with E-state index in [-0.39, 0.29) is 0 Å². The summed E-state index contributed by atoms with van der Waals surface area (Å²) in [6.45, 7) is 21.9. The molecule has 0 saturated carbocycles. The van der Waals surface area contributed by atoms with Crippen molar-refractivity contribution in [2.45, 2.75) is 41.5 Å². The molecule has 0 amide bonds. The Hall–Kier alpha value is -1.49. The normalized spacial score (nSPS) is 8.96. The summed E-state index contributed by atoms with van der Waals surface area (Å²) in [5, 5.41) is 7.00. The van der Waals surface area contributed by atoms with Gasteiger partial charge >= 0.3 is 0 Å². The van der Waals surface area contributed by atoms with Crippen LogP contribution in [0.5, 0.6) is 0 Å². The van der Waals surface area contributed by atoms with Crippen LogP contribution in [-0.2, 0) is 9.47 Å². The van der Waals surface area contributed by atoms with Crippen molar-refractivity contribution >= 4 is 6.21 Å². The van der Waals surface area contributed by atoms with Gasteiger partial charge in [-0.25, -0.2) is 0 Å². The molecule has 4 heteroatoms. The maximum absolute atomic E-state index is 7.00. The zero-order valence-corrected chi connectivity index (χ0v) is 17.7. The molecular weight excluding hydrogens is 314 g/mol. The van der Waals surface area contributed by atoms with E-state index in [1.165, 1.54) is 0 Å². The highest BCUT2D eigenvalue weighted by Gasteiger charge is 1.80. The first-order chi connectivity index (χ1) is 12.3. The summed E-state index contributed by atoms with van der Waals surface area (Å²) in [6.07, 6.45) is 13.1. The minimum absolute atomic E-state index is 0.539. The third-order valence-corrected chi connectivity index (χ3v) is 1.60. The third-order valence-electron chi connectivity index (χ3n) is 1.60. The van der Waals surface area contributed by atoms with E-state index in [2.05, 4.69) is 18.2 Å². The predicted octanol–water partition coefficient (Wildman–Crippen LogP) is 5.26. The maximum Gasteiger partial charge on any atom is 0.0818 e. The van der Waals surface area contributed by atoms with Gasteiger partial charge in [-0.2, -0.15) is 0 Å². The van der Waals surface area contributed by atoms with Crippen molar-refractivity contribution < 1.29 is 14.6 Å². The Morgan fingerprint density at radius 1 is 0.800 bits per heavy atom. The quantitative estimate of drug-likeness (QED) is 0.329. The highest BCUT2D eigenvalue weighted by Crippen LogP contribution is 1.81. The number of aliphatic hydroxyl groups is 1. The summed E-state index contributed by atoms with van der Waals surface area (Å²) in [7, 11) is 1.00. The Labute approximate surface area is 157 Å². The van der Waals surface area contributed by atoms with Crippen LogP contribution >= 0.6 is 0 Å². The van der Waals surface area contributed by atoms with Crippen LogP contribution in [0.3, 0.4) is 0 Å². The Morgan fingerprint density at radius 2 is 1.20 bits per heavy atom. The number of aliphatic imine (C=N–C) groups is 1. The summed E-state index contributed by atoms with van der Waals surface area (Å²) in [4.78, 5) is 4.03. The van der Waals surface area contributed by atoms with Gasteiger partial charge < -0.3 is 14.6 Å². The number of hydrogen-bond acceptors (Lipinski definition) is 4. The van der Waals surface area contributed by atoms with Crippen LogP contribution in [0.1, 0.15) is 41.5 Å². The Kier molecular flexibility index (Phi) is 79.4. The molecule has 4 nitrogen and oxygen atoms in total. The van der Waals surface area contributed by atoms with Crippen molar-refractivity contribution in [1.29, 1.82) is 0 Å². The van der Waals surface area contributed by atoms with Gasteiger partial charge in [-0.15, -0.1) is 13.2 Å². The van der Waals surface area contributed by atoms with E-state index >= 15 is 0 Å². The highest BCUT2D eigenvalue weighted by atomic mass is 16.5. The second kappa shape index (κ2) is 57.1. The number of nitrogens with zero attached hydrogens (tertiary/aromatic N) is 1. The average molecular weight is 358 g/mol. The van der Waals surface area contributed by atoms with E-state index in [0.717, 1.165) is 7.11 Å². The maximum atomic E-state index is 7.00. The van der Waals surface area contributed by atoms with E-state index in [1.54, 1.807) is 18.4 Å². The van der Waals surface area contributed by atoms with Crippen LogP contribution in [0.15, 0.2) is 54.6 Å². The van der Waals surface area contributed by atoms with E-state index < -0.39 is 0 Å². The van der Waals surface area contributed by atoms with Gasteiger partial charge in [0.05, 0.1) is 33.0 Å². The molecule has 0 aromatic rings. The first kappa shape index (κ1) is 34.8. The van der Waals surface area contributed by atoms with Crippen molar-refractivity contribution in [1.82, 2.24) is 0 Å². The van der Waals surface area contributed by atoms with Gasteiger partial charge in [0.25, 0.3) is 0 Å². The SMILES string of the molecule is C=CC.C=CCN=CCOC/C=C/COC/C=C/C.CC.CC.CO. The minimum atomic E-state index is 0.539. The number of aliphatic hydroxyl groups excluding tert-OH is 1. The monoisotopic (exact) mass is 357 g/mol. The average Bonchev–Trinajstić information content (AvgIpc) is 2.68. The lowest BCUT2D eigenvalue weighted by Gasteiger charge is -1.96. The van der Waals surface area contributed by atoms with E-state index in [0.29, 0.717) is 33.0 Å².